The van der Waals surface area contributed by atoms with Crippen molar-refractivity contribution in [3.63, 3.8) is 0 Å². The van der Waals surface area contributed by atoms with E-state index >= 15 is 0 Å². The fourth-order valence-electron chi connectivity index (χ4n) is 3.12. The summed E-state index contributed by atoms with van der Waals surface area (Å²) in [6, 6.07) is 19.5. The number of anilines is 3. The van der Waals surface area contributed by atoms with E-state index in [0.717, 1.165) is 23.5 Å². The molecule has 0 aliphatic carbocycles. The van der Waals surface area contributed by atoms with Crippen molar-refractivity contribution in [3.8, 4) is 0 Å². The highest BCUT2D eigenvalue weighted by Crippen LogP contribution is 2.39. The van der Waals surface area contributed by atoms with Crippen LogP contribution in [0.4, 0.5) is 17.1 Å². The SMILES string of the molecule is CCC(C)(C)N(c1ccc(C)cc1)c1cnccc1NC(=O)c1ccccc1. The Morgan fingerprint density at radius 1 is 1.04 bits per heavy atom. The minimum Gasteiger partial charge on any atom is -0.333 e. The van der Waals surface area contributed by atoms with Crippen LogP contribution < -0.4 is 10.2 Å². The zero-order valence-corrected chi connectivity index (χ0v) is 16.9. The van der Waals surface area contributed by atoms with Crippen molar-refractivity contribution in [1.29, 1.82) is 0 Å². The van der Waals surface area contributed by atoms with Gasteiger partial charge in [0, 0.05) is 23.0 Å². The van der Waals surface area contributed by atoms with Crippen molar-refractivity contribution >= 4 is 23.0 Å². The Morgan fingerprint density at radius 3 is 2.36 bits per heavy atom. The van der Waals surface area contributed by atoms with Gasteiger partial charge in [0.1, 0.15) is 0 Å². The molecule has 4 heteroatoms. The summed E-state index contributed by atoms with van der Waals surface area (Å²) in [4.78, 5) is 19.3. The van der Waals surface area contributed by atoms with Crippen LogP contribution in [0, 0.1) is 6.92 Å². The number of pyridine rings is 1. The summed E-state index contributed by atoms with van der Waals surface area (Å²) >= 11 is 0. The Kier molecular flexibility index (Phi) is 5.78. The summed E-state index contributed by atoms with van der Waals surface area (Å²) in [5.41, 5.74) is 4.36. The van der Waals surface area contributed by atoms with E-state index < -0.39 is 0 Å². The van der Waals surface area contributed by atoms with Crippen LogP contribution in [0.1, 0.15) is 43.1 Å². The van der Waals surface area contributed by atoms with Gasteiger partial charge in [-0.25, -0.2) is 0 Å². The molecule has 2 aromatic carbocycles. The minimum absolute atomic E-state index is 0.133. The van der Waals surface area contributed by atoms with Crippen LogP contribution in [0.2, 0.25) is 0 Å². The number of rotatable bonds is 6. The summed E-state index contributed by atoms with van der Waals surface area (Å²) in [5, 5.41) is 3.06. The lowest BCUT2D eigenvalue weighted by atomic mass is 9.96. The molecule has 0 saturated heterocycles. The fraction of sp³-hybridized carbons (Fsp3) is 0.250. The number of carbonyl (C=O) groups is 1. The molecule has 4 nitrogen and oxygen atoms in total. The second-order valence-corrected chi connectivity index (χ2v) is 7.55. The van der Waals surface area contributed by atoms with E-state index in [1.165, 1.54) is 5.56 Å². The van der Waals surface area contributed by atoms with Crippen LogP contribution >= 0.6 is 0 Å². The van der Waals surface area contributed by atoms with Gasteiger partial charge in [0.2, 0.25) is 0 Å². The van der Waals surface area contributed by atoms with Crippen molar-refractivity contribution in [3.05, 3.63) is 84.2 Å². The van der Waals surface area contributed by atoms with Gasteiger partial charge in [0.15, 0.2) is 0 Å². The molecule has 0 unspecified atom stereocenters. The average Bonchev–Trinajstić information content (AvgIpc) is 2.71. The van der Waals surface area contributed by atoms with E-state index in [-0.39, 0.29) is 11.4 Å². The molecule has 0 bridgehead atoms. The highest BCUT2D eigenvalue weighted by molar-refractivity contribution is 6.06. The van der Waals surface area contributed by atoms with Crippen LogP contribution in [0.25, 0.3) is 0 Å². The van der Waals surface area contributed by atoms with Crippen molar-refractivity contribution in [2.75, 3.05) is 10.2 Å². The van der Waals surface area contributed by atoms with Gasteiger partial charge in [-0.1, -0.05) is 42.8 Å². The summed E-state index contributed by atoms with van der Waals surface area (Å²) in [5.74, 6) is -0.133. The molecule has 144 valence electrons. The summed E-state index contributed by atoms with van der Waals surface area (Å²) in [6.45, 7) is 8.64. The smallest absolute Gasteiger partial charge is 0.255 e. The molecule has 0 saturated carbocycles. The Labute approximate surface area is 167 Å². The molecular formula is C24H27N3O. The molecule has 0 atom stereocenters. The summed E-state index contributed by atoms with van der Waals surface area (Å²) < 4.78 is 0. The lowest BCUT2D eigenvalue weighted by molar-refractivity contribution is 0.102. The van der Waals surface area contributed by atoms with E-state index in [9.17, 15) is 4.79 Å². The molecular weight excluding hydrogens is 346 g/mol. The van der Waals surface area contributed by atoms with Gasteiger partial charge in [0.05, 0.1) is 17.6 Å². The number of benzene rings is 2. The normalized spacial score (nSPS) is 11.1. The summed E-state index contributed by atoms with van der Waals surface area (Å²) in [6.07, 6.45) is 4.45. The number of hydrogen-bond donors (Lipinski definition) is 1. The van der Waals surface area contributed by atoms with Crippen LogP contribution in [-0.2, 0) is 0 Å². The number of aryl methyl sites for hydroxylation is 1. The van der Waals surface area contributed by atoms with E-state index in [1.54, 1.807) is 6.20 Å². The molecule has 1 N–H and O–H groups in total. The number of nitrogens with one attached hydrogen (secondary N) is 1. The van der Waals surface area contributed by atoms with Gasteiger partial charge in [-0.05, 0) is 57.5 Å². The van der Waals surface area contributed by atoms with Crippen molar-refractivity contribution in [2.45, 2.75) is 39.7 Å². The Bertz CT molecular complexity index is 934. The largest absolute Gasteiger partial charge is 0.333 e. The second-order valence-electron chi connectivity index (χ2n) is 7.55. The van der Waals surface area contributed by atoms with Gasteiger partial charge in [0.25, 0.3) is 5.91 Å². The first-order valence-electron chi connectivity index (χ1n) is 9.59. The lowest BCUT2D eigenvalue weighted by Gasteiger charge is -2.40. The number of amides is 1. The molecule has 0 aliphatic heterocycles. The highest BCUT2D eigenvalue weighted by atomic mass is 16.1. The number of carbonyl (C=O) groups excluding carboxylic acids is 1. The summed E-state index contributed by atoms with van der Waals surface area (Å²) in [7, 11) is 0. The Morgan fingerprint density at radius 2 is 1.71 bits per heavy atom. The molecule has 1 heterocycles. The molecule has 3 rings (SSSR count). The van der Waals surface area contributed by atoms with Gasteiger partial charge >= 0.3 is 0 Å². The van der Waals surface area contributed by atoms with E-state index in [2.05, 4.69) is 67.2 Å². The van der Waals surface area contributed by atoms with E-state index in [1.807, 2.05) is 42.6 Å². The topological polar surface area (TPSA) is 45.2 Å². The van der Waals surface area contributed by atoms with Crippen LogP contribution in [-0.4, -0.2) is 16.4 Å². The van der Waals surface area contributed by atoms with Crippen molar-refractivity contribution in [2.24, 2.45) is 0 Å². The zero-order valence-electron chi connectivity index (χ0n) is 16.9. The number of aromatic nitrogens is 1. The van der Waals surface area contributed by atoms with E-state index in [4.69, 9.17) is 0 Å². The molecule has 0 fully saturated rings. The lowest BCUT2D eigenvalue weighted by Crippen LogP contribution is -2.40. The maximum atomic E-state index is 12.7. The van der Waals surface area contributed by atoms with Gasteiger partial charge in [-0.15, -0.1) is 0 Å². The first-order valence-corrected chi connectivity index (χ1v) is 9.59. The van der Waals surface area contributed by atoms with Crippen molar-refractivity contribution < 1.29 is 4.79 Å². The third kappa shape index (κ3) is 4.22. The number of hydrogen-bond acceptors (Lipinski definition) is 3. The first kappa shape index (κ1) is 19.6. The quantitative estimate of drug-likeness (QED) is 0.579. The van der Waals surface area contributed by atoms with Gasteiger partial charge < -0.3 is 10.2 Å². The number of nitrogens with zero attached hydrogens (tertiary/aromatic N) is 2. The van der Waals surface area contributed by atoms with Crippen molar-refractivity contribution in [1.82, 2.24) is 4.98 Å². The third-order valence-corrected chi connectivity index (χ3v) is 5.09. The molecule has 1 aromatic heterocycles. The van der Waals surface area contributed by atoms with Crippen LogP contribution in [0.15, 0.2) is 73.1 Å². The molecule has 1 amide bonds. The molecule has 0 aliphatic rings. The highest BCUT2D eigenvalue weighted by Gasteiger charge is 2.29. The second kappa shape index (κ2) is 8.26. The van der Waals surface area contributed by atoms with Gasteiger partial charge in [-0.2, -0.15) is 0 Å². The maximum Gasteiger partial charge on any atom is 0.255 e. The average molecular weight is 374 g/mol. The third-order valence-electron chi connectivity index (χ3n) is 5.09. The molecule has 0 radical (unpaired) electrons. The molecule has 28 heavy (non-hydrogen) atoms. The molecule has 3 aromatic rings. The van der Waals surface area contributed by atoms with Crippen LogP contribution in [0.3, 0.4) is 0 Å². The minimum atomic E-state index is -0.162. The van der Waals surface area contributed by atoms with Gasteiger partial charge in [-0.3, -0.25) is 9.78 Å². The van der Waals surface area contributed by atoms with Crippen LogP contribution in [0.5, 0.6) is 0 Å². The fourth-order valence-corrected chi connectivity index (χ4v) is 3.12. The monoisotopic (exact) mass is 373 g/mol. The first-order chi connectivity index (χ1) is 13.4. The van der Waals surface area contributed by atoms with E-state index in [0.29, 0.717) is 5.56 Å². The Hall–Kier alpha value is -3.14. The predicted octanol–water partition coefficient (Wildman–Crippen LogP) is 5.97. The predicted molar refractivity (Wildman–Crippen MR) is 116 cm³/mol. The maximum absolute atomic E-state index is 12.7. The zero-order chi connectivity index (χ0) is 20.1. The molecule has 0 spiro atoms. The standard InChI is InChI=1S/C24H27N3O/c1-5-24(3,4)27(20-13-11-18(2)12-14-20)22-17-25-16-15-21(22)26-23(28)19-9-7-6-8-10-19/h6-17H,5H2,1-4H3,(H,25,26,28). The Balaban J connectivity index is 2.04.